The SMILES string of the molecule is CC[C@H]1NC(=O)[C@@H]([C@@H]2OC(=O)N(C)C[C@H]2C)N(C)C(=O)[C@@H](C(C)C)N(C)C(=O)[C@@H](CC(C)C)N(C)C(=O)[C@H](CC(C)C)N(C)C(=O)[C@H](C)CC(=O)[C@@H](C)NC(=O)[C@@H](CC(C)C)N(C)C(=O)[C@@H](C(C)C)NC(=O)[C@H](CC(C)C)N(C)C(=O)CN(C)C1=O. The lowest BCUT2D eigenvalue weighted by Gasteiger charge is -2.44. The molecular weight excluding hydrogens is 1110 g/mol. The van der Waals surface area contributed by atoms with Gasteiger partial charge < -0.3 is 59.9 Å². The molecule has 0 aromatic rings. The van der Waals surface area contributed by atoms with Crippen molar-refractivity contribution < 1.29 is 62.3 Å². The third kappa shape index (κ3) is 19.8. The van der Waals surface area contributed by atoms with Crippen molar-refractivity contribution in [3.63, 3.8) is 0 Å². The van der Waals surface area contributed by atoms with Gasteiger partial charge in [-0.2, -0.15) is 0 Å². The number of cyclic esters (lactones) is 1. The van der Waals surface area contributed by atoms with Gasteiger partial charge in [0.2, 0.25) is 59.1 Å². The van der Waals surface area contributed by atoms with E-state index in [2.05, 4.69) is 16.0 Å². The Morgan fingerprint density at radius 3 is 1.37 bits per heavy atom. The normalized spacial score (nSPS) is 28.7. The number of ether oxygens (including phenoxy) is 1. The van der Waals surface area contributed by atoms with Crippen molar-refractivity contribution >= 4 is 70.9 Å². The molecule has 2 rings (SSSR count). The summed E-state index contributed by atoms with van der Waals surface area (Å²) in [6, 6.07) is -10.9. The van der Waals surface area contributed by atoms with Crippen LogP contribution in [0.5, 0.6) is 0 Å². The van der Waals surface area contributed by atoms with Gasteiger partial charge in [-0.3, -0.25) is 52.7 Å². The van der Waals surface area contributed by atoms with Crippen molar-refractivity contribution in [2.24, 2.45) is 47.3 Å². The highest BCUT2D eigenvalue weighted by Gasteiger charge is 2.48. The summed E-state index contributed by atoms with van der Waals surface area (Å²) in [5.41, 5.74) is 0. The van der Waals surface area contributed by atoms with Crippen molar-refractivity contribution in [3.05, 3.63) is 0 Å². The monoisotopic (exact) mass is 1220 g/mol. The van der Waals surface area contributed by atoms with Crippen LogP contribution in [0.4, 0.5) is 4.79 Å². The Labute approximate surface area is 513 Å². The molecule has 2 saturated heterocycles. The maximum atomic E-state index is 15.3. The average molecular weight is 1220 g/mol. The van der Waals surface area contributed by atoms with Crippen LogP contribution in [-0.4, -0.2) is 240 Å². The molecule has 0 saturated carbocycles. The molecule has 0 bridgehead atoms. The summed E-state index contributed by atoms with van der Waals surface area (Å²) in [6.07, 6.45) is -1.67. The fraction of sp³-hybridized carbons (Fsp3) is 0.806. The molecule has 2 aliphatic rings. The molecule has 0 radical (unpaired) electrons. The topological polar surface area (TPSA) is 276 Å². The fourth-order valence-electron chi connectivity index (χ4n) is 11.4. The molecule has 0 aliphatic carbocycles. The quantitative estimate of drug-likeness (QED) is 0.253. The summed E-state index contributed by atoms with van der Waals surface area (Å²) in [5.74, 6) is -10.2. The van der Waals surface area contributed by atoms with Gasteiger partial charge in [0.05, 0.1) is 12.6 Å². The van der Waals surface area contributed by atoms with Crippen LogP contribution in [-0.2, 0) is 57.5 Å². The molecular formula is C62H109N11O13. The van der Waals surface area contributed by atoms with Crippen LogP contribution in [0.1, 0.15) is 149 Å². The van der Waals surface area contributed by atoms with Gasteiger partial charge in [0.1, 0.15) is 54.4 Å². The highest BCUT2D eigenvalue weighted by molar-refractivity contribution is 5.99. The number of likely N-dealkylation sites (N-methyl/N-ethyl adjacent to an activating group) is 7. The van der Waals surface area contributed by atoms with Gasteiger partial charge in [0, 0.05) is 81.2 Å². The van der Waals surface area contributed by atoms with Gasteiger partial charge in [-0.25, -0.2) is 4.79 Å². The predicted octanol–water partition coefficient (Wildman–Crippen LogP) is 3.48. The maximum absolute atomic E-state index is 15.3. The number of hydrogen-bond donors (Lipinski definition) is 3. The number of carbonyl (C=O) groups excluding carboxylic acids is 12. The lowest BCUT2D eigenvalue weighted by molar-refractivity contribution is -0.158. The van der Waals surface area contributed by atoms with E-state index in [0.29, 0.717) is 0 Å². The Kier molecular flexibility index (Phi) is 29.2. The number of nitrogens with one attached hydrogen (secondary N) is 3. The van der Waals surface area contributed by atoms with Gasteiger partial charge >= 0.3 is 6.09 Å². The molecule has 0 spiro atoms. The van der Waals surface area contributed by atoms with E-state index in [-0.39, 0.29) is 68.7 Å². The minimum Gasteiger partial charge on any atom is -0.443 e. The van der Waals surface area contributed by atoms with Crippen molar-refractivity contribution in [3.8, 4) is 0 Å². The van der Waals surface area contributed by atoms with Crippen molar-refractivity contribution in [2.75, 3.05) is 69.5 Å². The Bertz CT molecular complexity index is 2420. The van der Waals surface area contributed by atoms with E-state index in [1.54, 1.807) is 48.5 Å². The summed E-state index contributed by atoms with van der Waals surface area (Å²) in [6.45, 7) is 27.9. The molecule has 2 aliphatic heterocycles. The average Bonchev–Trinajstić information content (AvgIpc) is 2.44. The standard InChI is InChI=1S/C62H109N11O13/c1-25-42-57(80)66(17)32-48(75)68(19)43(26-33(2)3)54(77)65-49(37(10)11)60(83)69(20)44(27-34(4)5)53(76)63-41(16)47(74)30-39(14)56(79)70(21)45(28-35(6)7)58(81)71(22)46(29-36(8)9)59(82)72(23)50(38(12)13)61(84)73(24)51(55(78)64-42)52-40(15)31-67(18)62(85)86-52/h33-46,49-52H,25-32H2,1-24H3,(H,63,76)(H,64,78)(H,65,77)/t39-,40-,41-,42-,43+,44-,45+,46-,49-,50-,51-,52-/m1/s1. The number of hydrogen-bond acceptors (Lipinski definition) is 13. The van der Waals surface area contributed by atoms with Crippen LogP contribution in [0.2, 0.25) is 0 Å². The van der Waals surface area contributed by atoms with E-state index in [4.69, 9.17) is 4.74 Å². The minimum atomic E-state index is -1.56. The third-order valence-corrected chi connectivity index (χ3v) is 16.7. The molecule has 24 nitrogen and oxygen atoms in total. The zero-order chi connectivity index (χ0) is 66.4. The molecule has 2 heterocycles. The van der Waals surface area contributed by atoms with E-state index in [1.807, 2.05) is 55.4 Å². The molecule has 0 aromatic heterocycles. The number of nitrogens with zero attached hydrogens (tertiary/aromatic N) is 8. The second-order valence-electron chi connectivity index (χ2n) is 26.9. The lowest BCUT2D eigenvalue weighted by Crippen LogP contribution is -2.65. The Morgan fingerprint density at radius 1 is 0.465 bits per heavy atom. The molecule has 24 heteroatoms. The van der Waals surface area contributed by atoms with Gasteiger partial charge in [-0.1, -0.05) is 104 Å². The Balaban J connectivity index is 2.98. The van der Waals surface area contributed by atoms with Gasteiger partial charge in [-0.15, -0.1) is 0 Å². The smallest absolute Gasteiger partial charge is 0.409 e. The first kappa shape index (κ1) is 75.7. The van der Waals surface area contributed by atoms with Crippen molar-refractivity contribution in [1.29, 1.82) is 0 Å². The zero-order valence-corrected chi connectivity index (χ0v) is 56.4. The Morgan fingerprint density at radius 2 is 0.907 bits per heavy atom. The van der Waals surface area contributed by atoms with E-state index in [0.717, 1.165) is 9.80 Å². The fourth-order valence-corrected chi connectivity index (χ4v) is 11.4. The molecule has 0 unspecified atom stereocenters. The highest BCUT2D eigenvalue weighted by Crippen LogP contribution is 2.28. The summed E-state index contributed by atoms with van der Waals surface area (Å²) in [5, 5.41) is 8.40. The molecule has 0 aromatic carbocycles. The zero-order valence-electron chi connectivity index (χ0n) is 56.4. The van der Waals surface area contributed by atoms with Crippen LogP contribution in [0.3, 0.4) is 0 Å². The minimum absolute atomic E-state index is 0.0106. The molecule has 2 fully saturated rings. The summed E-state index contributed by atoms with van der Waals surface area (Å²) in [7, 11) is 11.5. The van der Waals surface area contributed by atoms with Crippen LogP contribution >= 0.6 is 0 Å². The number of carbonyl (C=O) groups is 12. The van der Waals surface area contributed by atoms with E-state index < -0.39 is 162 Å². The number of Topliss-reactive ketones (excluding diaryl/α,β-unsaturated/α-hetero) is 1. The molecule has 3 N–H and O–H groups in total. The molecule has 86 heavy (non-hydrogen) atoms. The van der Waals surface area contributed by atoms with Gasteiger partial charge in [-0.05, 0) is 74.5 Å². The molecule has 11 amide bonds. The van der Waals surface area contributed by atoms with E-state index in [9.17, 15) is 43.2 Å². The first-order valence-corrected chi connectivity index (χ1v) is 30.8. The Hall–Kier alpha value is -6.36. The first-order chi connectivity index (χ1) is 39.6. The number of rotatable bonds is 12. The second kappa shape index (κ2) is 33.1. The highest BCUT2D eigenvalue weighted by atomic mass is 16.6. The van der Waals surface area contributed by atoms with Crippen molar-refractivity contribution in [1.82, 2.24) is 55.1 Å². The summed E-state index contributed by atoms with van der Waals surface area (Å²) >= 11 is 0. The largest absolute Gasteiger partial charge is 0.443 e. The van der Waals surface area contributed by atoms with E-state index >= 15 is 14.4 Å². The summed E-state index contributed by atoms with van der Waals surface area (Å²) < 4.78 is 5.89. The van der Waals surface area contributed by atoms with Crippen molar-refractivity contribution in [2.45, 2.75) is 210 Å². The third-order valence-electron chi connectivity index (χ3n) is 16.7. The van der Waals surface area contributed by atoms with Gasteiger partial charge in [0.15, 0.2) is 5.78 Å². The lowest BCUT2D eigenvalue weighted by atomic mass is 9.92. The van der Waals surface area contributed by atoms with Crippen LogP contribution in [0.25, 0.3) is 0 Å². The number of ketones is 1. The predicted molar refractivity (Wildman–Crippen MR) is 327 cm³/mol. The van der Waals surface area contributed by atoms with E-state index in [1.165, 1.54) is 92.7 Å². The van der Waals surface area contributed by atoms with Crippen LogP contribution < -0.4 is 16.0 Å². The molecule has 12 atom stereocenters. The van der Waals surface area contributed by atoms with Crippen LogP contribution in [0.15, 0.2) is 0 Å². The number of amides is 11. The van der Waals surface area contributed by atoms with Gasteiger partial charge in [0.25, 0.3) is 0 Å². The maximum Gasteiger partial charge on any atom is 0.409 e. The summed E-state index contributed by atoms with van der Waals surface area (Å²) in [4.78, 5) is 184. The second-order valence-corrected chi connectivity index (χ2v) is 26.9. The van der Waals surface area contributed by atoms with Crippen LogP contribution in [0, 0.1) is 47.3 Å². The first-order valence-electron chi connectivity index (χ1n) is 30.8. The molecule has 490 valence electrons.